The number of alkyl halides is 2. The Balaban J connectivity index is 2.01. The van der Waals surface area contributed by atoms with Crippen LogP contribution in [0.4, 0.5) is 14.5 Å². The summed E-state index contributed by atoms with van der Waals surface area (Å²) in [5.41, 5.74) is 1.67. The summed E-state index contributed by atoms with van der Waals surface area (Å²) in [6.07, 6.45) is -2.48. The Kier molecular flexibility index (Phi) is 4.30. The number of anilines is 1. The molecule has 0 atom stereocenters. The van der Waals surface area contributed by atoms with Crippen molar-refractivity contribution in [3.8, 4) is 0 Å². The Hall–Kier alpha value is -2.43. The minimum absolute atomic E-state index is 0.00877. The molecule has 2 aromatic carbocycles. The highest BCUT2D eigenvalue weighted by Crippen LogP contribution is 2.20. The first-order valence-electron chi connectivity index (χ1n) is 6.00. The second-order valence-corrected chi connectivity index (χ2v) is 4.28. The Morgan fingerprint density at radius 3 is 2.45 bits per heavy atom. The Morgan fingerprint density at radius 2 is 1.85 bits per heavy atom. The second kappa shape index (κ2) is 6.14. The molecule has 0 aromatic heterocycles. The molecule has 0 saturated heterocycles. The van der Waals surface area contributed by atoms with E-state index in [9.17, 15) is 13.6 Å². The third-order valence-electron chi connectivity index (χ3n) is 2.83. The summed E-state index contributed by atoms with van der Waals surface area (Å²) in [6.45, 7) is 0.396. The van der Waals surface area contributed by atoms with Crippen LogP contribution in [0.1, 0.15) is 27.9 Å². The molecule has 0 unspecified atom stereocenters. The van der Waals surface area contributed by atoms with Gasteiger partial charge < -0.3 is 10.4 Å². The first-order chi connectivity index (χ1) is 9.56. The minimum Gasteiger partial charge on any atom is -0.478 e. The summed E-state index contributed by atoms with van der Waals surface area (Å²) in [5, 5.41) is 11.8. The molecular formula is C15H13F2NO2. The van der Waals surface area contributed by atoms with Crippen LogP contribution >= 0.6 is 0 Å². The Morgan fingerprint density at radius 1 is 1.15 bits per heavy atom. The van der Waals surface area contributed by atoms with Crippen LogP contribution in [-0.2, 0) is 6.54 Å². The van der Waals surface area contributed by atoms with Gasteiger partial charge in [0.1, 0.15) is 0 Å². The average molecular weight is 277 g/mol. The third kappa shape index (κ3) is 3.54. The molecule has 2 N–H and O–H groups in total. The summed E-state index contributed by atoms with van der Waals surface area (Å²) >= 11 is 0. The van der Waals surface area contributed by atoms with Crippen molar-refractivity contribution < 1.29 is 18.7 Å². The zero-order valence-corrected chi connectivity index (χ0v) is 10.5. The van der Waals surface area contributed by atoms with Crippen molar-refractivity contribution in [2.24, 2.45) is 0 Å². The van der Waals surface area contributed by atoms with Gasteiger partial charge in [0, 0.05) is 17.8 Å². The van der Waals surface area contributed by atoms with Gasteiger partial charge >= 0.3 is 5.97 Å². The lowest BCUT2D eigenvalue weighted by Crippen LogP contribution is -2.01. The molecule has 2 rings (SSSR count). The van der Waals surface area contributed by atoms with E-state index in [2.05, 4.69) is 5.32 Å². The van der Waals surface area contributed by atoms with Gasteiger partial charge in [0.15, 0.2) is 0 Å². The van der Waals surface area contributed by atoms with Gasteiger partial charge in [-0.2, -0.15) is 0 Å². The molecule has 20 heavy (non-hydrogen) atoms. The third-order valence-corrected chi connectivity index (χ3v) is 2.83. The maximum absolute atomic E-state index is 12.6. The minimum atomic E-state index is -2.48. The Labute approximate surface area is 114 Å². The quantitative estimate of drug-likeness (QED) is 0.870. The summed E-state index contributed by atoms with van der Waals surface area (Å²) in [5.74, 6) is -0.985. The van der Waals surface area contributed by atoms with Crippen LogP contribution in [0, 0.1) is 0 Å². The average Bonchev–Trinajstić information content (AvgIpc) is 2.46. The highest BCUT2D eigenvalue weighted by molar-refractivity contribution is 5.87. The highest BCUT2D eigenvalue weighted by atomic mass is 19.3. The van der Waals surface area contributed by atoms with Crippen molar-refractivity contribution in [3.05, 3.63) is 65.2 Å². The highest BCUT2D eigenvalue weighted by Gasteiger charge is 2.07. The van der Waals surface area contributed by atoms with Crippen LogP contribution in [0.5, 0.6) is 0 Å². The number of carboxylic acids is 1. The van der Waals surface area contributed by atoms with E-state index in [1.807, 2.05) is 0 Å². The molecule has 0 amide bonds. The van der Waals surface area contributed by atoms with Crippen molar-refractivity contribution in [2.45, 2.75) is 13.0 Å². The number of carbonyl (C=O) groups is 1. The molecule has 0 heterocycles. The van der Waals surface area contributed by atoms with Gasteiger partial charge in [-0.05, 0) is 35.9 Å². The van der Waals surface area contributed by atoms with Gasteiger partial charge in [0.2, 0.25) is 0 Å². The van der Waals surface area contributed by atoms with E-state index in [-0.39, 0.29) is 11.1 Å². The van der Waals surface area contributed by atoms with E-state index in [4.69, 9.17) is 5.11 Å². The van der Waals surface area contributed by atoms with Gasteiger partial charge in [-0.15, -0.1) is 0 Å². The van der Waals surface area contributed by atoms with Gasteiger partial charge in [-0.3, -0.25) is 0 Å². The monoisotopic (exact) mass is 277 g/mol. The lowest BCUT2D eigenvalue weighted by atomic mass is 10.1. The number of aromatic carboxylic acids is 1. The molecule has 0 fully saturated rings. The first kappa shape index (κ1) is 14.0. The molecule has 0 aliphatic carbocycles. The fourth-order valence-electron chi connectivity index (χ4n) is 1.77. The van der Waals surface area contributed by atoms with Crippen molar-refractivity contribution in [2.75, 3.05) is 5.32 Å². The number of nitrogens with one attached hydrogen (secondary N) is 1. The fourth-order valence-corrected chi connectivity index (χ4v) is 1.77. The van der Waals surface area contributed by atoms with E-state index in [1.165, 1.54) is 24.3 Å². The lowest BCUT2D eigenvalue weighted by Gasteiger charge is -2.08. The van der Waals surface area contributed by atoms with E-state index in [0.29, 0.717) is 6.54 Å². The molecular weight excluding hydrogens is 264 g/mol. The van der Waals surface area contributed by atoms with Crippen molar-refractivity contribution >= 4 is 11.7 Å². The van der Waals surface area contributed by atoms with Crippen LogP contribution in [0.2, 0.25) is 0 Å². The molecule has 0 spiro atoms. The molecule has 2 aromatic rings. The van der Waals surface area contributed by atoms with Crippen LogP contribution in [0.15, 0.2) is 48.5 Å². The second-order valence-electron chi connectivity index (χ2n) is 4.28. The van der Waals surface area contributed by atoms with Gasteiger partial charge in [-0.1, -0.05) is 18.2 Å². The van der Waals surface area contributed by atoms with E-state index in [1.54, 1.807) is 24.3 Å². The summed E-state index contributed by atoms with van der Waals surface area (Å²) in [6, 6.07) is 12.4. The normalized spacial score (nSPS) is 10.6. The number of rotatable bonds is 5. The summed E-state index contributed by atoms with van der Waals surface area (Å²) < 4.78 is 25.1. The number of hydrogen-bond donors (Lipinski definition) is 2. The SMILES string of the molecule is O=C(O)c1ccc(NCc2cccc(C(F)F)c2)cc1. The predicted molar refractivity (Wildman–Crippen MR) is 72.1 cm³/mol. The van der Waals surface area contributed by atoms with Crippen molar-refractivity contribution in [3.63, 3.8) is 0 Å². The Bertz CT molecular complexity index is 597. The lowest BCUT2D eigenvalue weighted by molar-refractivity contribution is 0.0697. The van der Waals surface area contributed by atoms with Gasteiger partial charge in [-0.25, -0.2) is 13.6 Å². The first-order valence-corrected chi connectivity index (χ1v) is 6.00. The summed E-state index contributed by atoms with van der Waals surface area (Å²) in [7, 11) is 0. The van der Waals surface area contributed by atoms with Gasteiger partial charge in [0.25, 0.3) is 6.43 Å². The van der Waals surface area contributed by atoms with Gasteiger partial charge in [0.05, 0.1) is 5.56 Å². The molecule has 0 aliphatic heterocycles. The number of benzene rings is 2. The van der Waals surface area contributed by atoms with E-state index in [0.717, 1.165) is 11.3 Å². The fraction of sp³-hybridized carbons (Fsp3) is 0.133. The predicted octanol–water partition coefficient (Wildman–Crippen LogP) is 3.93. The van der Waals surface area contributed by atoms with E-state index >= 15 is 0 Å². The zero-order chi connectivity index (χ0) is 14.5. The molecule has 3 nitrogen and oxygen atoms in total. The largest absolute Gasteiger partial charge is 0.478 e. The van der Waals surface area contributed by atoms with Crippen LogP contribution in [-0.4, -0.2) is 11.1 Å². The topological polar surface area (TPSA) is 49.3 Å². The molecule has 0 aliphatic rings. The molecule has 5 heteroatoms. The van der Waals surface area contributed by atoms with Crippen molar-refractivity contribution in [1.29, 1.82) is 0 Å². The van der Waals surface area contributed by atoms with Crippen LogP contribution in [0.3, 0.4) is 0 Å². The molecule has 104 valence electrons. The maximum Gasteiger partial charge on any atom is 0.335 e. The van der Waals surface area contributed by atoms with Crippen LogP contribution < -0.4 is 5.32 Å². The van der Waals surface area contributed by atoms with Crippen LogP contribution in [0.25, 0.3) is 0 Å². The molecule has 0 saturated carbocycles. The van der Waals surface area contributed by atoms with Crippen molar-refractivity contribution in [1.82, 2.24) is 0 Å². The number of carboxylic acid groups (broad SMARTS) is 1. The molecule has 0 bridgehead atoms. The summed E-state index contributed by atoms with van der Waals surface area (Å²) in [4.78, 5) is 10.7. The zero-order valence-electron chi connectivity index (χ0n) is 10.5. The maximum atomic E-state index is 12.6. The standard InChI is InChI=1S/C15H13F2NO2/c16-14(17)12-3-1-2-10(8-12)9-18-13-6-4-11(5-7-13)15(19)20/h1-8,14,18H,9H2,(H,19,20). The van der Waals surface area contributed by atoms with E-state index < -0.39 is 12.4 Å². The number of hydrogen-bond acceptors (Lipinski definition) is 2. The number of halogens is 2. The smallest absolute Gasteiger partial charge is 0.335 e. The molecule has 0 radical (unpaired) electrons.